The number of benzene rings is 1. The van der Waals surface area contributed by atoms with Crippen LogP contribution in [0.2, 0.25) is 0 Å². The lowest BCUT2D eigenvalue weighted by Gasteiger charge is -2.03. The molecule has 0 spiro atoms. The van der Waals surface area contributed by atoms with Crippen molar-refractivity contribution < 1.29 is 4.79 Å². The van der Waals surface area contributed by atoms with E-state index in [4.69, 9.17) is 11.5 Å². The zero-order valence-electron chi connectivity index (χ0n) is 16.9. The van der Waals surface area contributed by atoms with Gasteiger partial charge in [-0.05, 0) is 31.2 Å². The van der Waals surface area contributed by atoms with Gasteiger partial charge in [-0.3, -0.25) is 4.79 Å². The summed E-state index contributed by atoms with van der Waals surface area (Å²) in [5.74, 6) is 0.738. The van der Waals surface area contributed by atoms with Crippen LogP contribution < -0.4 is 22.1 Å². The molecule has 9 heteroatoms. The van der Waals surface area contributed by atoms with Crippen LogP contribution in [0.25, 0.3) is 11.0 Å². The smallest absolute Gasteiger partial charge is 0.271 e. The minimum Gasteiger partial charge on any atom is -0.402 e. The summed E-state index contributed by atoms with van der Waals surface area (Å²) in [7, 11) is 0. The fourth-order valence-corrected chi connectivity index (χ4v) is 3.53. The van der Waals surface area contributed by atoms with Crippen molar-refractivity contribution in [2.75, 3.05) is 19.6 Å². The van der Waals surface area contributed by atoms with Gasteiger partial charge in [-0.2, -0.15) is 0 Å². The Morgan fingerprint density at radius 3 is 2.77 bits per heavy atom. The van der Waals surface area contributed by atoms with E-state index in [0.29, 0.717) is 17.1 Å². The fourth-order valence-electron chi connectivity index (χ4n) is 2.75. The number of nitrogens with two attached hydrogens (primary N) is 2. The average molecular weight is 426 g/mol. The molecule has 158 valence electrons. The second-order valence-electron chi connectivity index (χ2n) is 6.91. The highest BCUT2D eigenvalue weighted by atomic mass is 32.1. The summed E-state index contributed by atoms with van der Waals surface area (Å²) in [5, 5.41) is 8.84. The second kappa shape index (κ2) is 10.6. The Morgan fingerprint density at radius 2 is 1.97 bits per heavy atom. The van der Waals surface area contributed by atoms with Gasteiger partial charge in [-0.15, -0.1) is 11.3 Å². The summed E-state index contributed by atoms with van der Waals surface area (Å²) in [6.07, 6.45) is 4.97. The number of allylic oxidation sites excluding steroid dienone is 3. The van der Waals surface area contributed by atoms with E-state index in [0.717, 1.165) is 47.8 Å². The molecule has 0 saturated heterocycles. The van der Waals surface area contributed by atoms with Gasteiger partial charge in [0.05, 0.1) is 22.6 Å². The summed E-state index contributed by atoms with van der Waals surface area (Å²) in [5.41, 5.74) is 15.0. The molecule has 1 amide bonds. The topological polar surface area (TPSA) is 135 Å². The maximum Gasteiger partial charge on any atom is 0.271 e. The van der Waals surface area contributed by atoms with Crippen molar-refractivity contribution in [3.63, 3.8) is 0 Å². The van der Waals surface area contributed by atoms with Gasteiger partial charge >= 0.3 is 0 Å². The summed E-state index contributed by atoms with van der Waals surface area (Å²) in [4.78, 5) is 24.5. The molecule has 3 aromatic rings. The van der Waals surface area contributed by atoms with E-state index in [9.17, 15) is 4.79 Å². The Balaban J connectivity index is 1.37. The molecule has 0 atom stereocenters. The number of aromatic amines is 1. The lowest BCUT2D eigenvalue weighted by atomic mass is 10.3. The number of para-hydroxylation sites is 2. The maximum atomic E-state index is 12.2. The Kier molecular flexibility index (Phi) is 7.58. The van der Waals surface area contributed by atoms with Crippen molar-refractivity contribution in [1.29, 1.82) is 0 Å². The number of carbonyl (C=O) groups is 1. The Morgan fingerprint density at radius 1 is 1.17 bits per heavy atom. The van der Waals surface area contributed by atoms with E-state index >= 15 is 0 Å². The van der Waals surface area contributed by atoms with Gasteiger partial charge in [0.25, 0.3) is 5.91 Å². The van der Waals surface area contributed by atoms with Gasteiger partial charge in [0, 0.05) is 42.7 Å². The van der Waals surface area contributed by atoms with Gasteiger partial charge in [-0.25, -0.2) is 9.97 Å². The van der Waals surface area contributed by atoms with Crippen LogP contribution >= 0.6 is 11.3 Å². The predicted molar refractivity (Wildman–Crippen MR) is 121 cm³/mol. The molecule has 0 bridgehead atoms. The molecule has 0 radical (unpaired) electrons. The molecule has 0 aliphatic carbocycles. The third-order valence-corrected chi connectivity index (χ3v) is 5.20. The van der Waals surface area contributed by atoms with Crippen molar-refractivity contribution in [2.24, 2.45) is 11.5 Å². The first kappa shape index (κ1) is 21.5. The summed E-state index contributed by atoms with van der Waals surface area (Å²) in [6, 6.07) is 8.01. The van der Waals surface area contributed by atoms with E-state index in [2.05, 4.69) is 25.6 Å². The normalized spacial score (nSPS) is 12.4. The highest BCUT2D eigenvalue weighted by Crippen LogP contribution is 2.11. The summed E-state index contributed by atoms with van der Waals surface area (Å²) >= 11 is 1.48. The number of amides is 1. The summed E-state index contributed by atoms with van der Waals surface area (Å²) in [6.45, 7) is 3.63. The molecule has 0 saturated carbocycles. The van der Waals surface area contributed by atoms with Gasteiger partial charge in [-0.1, -0.05) is 12.1 Å². The number of aromatic nitrogens is 3. The molecule has 0 unspecified atom stereocenters. The molecular formula is C21H27N7OS. The van der Waals surface area contributed by atoms with Crippen LogP contribution in [0.5, 0.6) is 0 Å². The second-order valence-corrected chi connectivity index (χ2v) is 7.85. The molecule has 8 nitrogen and oxygen atoms in total. The largest absolute Gasteiger partial charge is 0.402 e. The van der Waals surface area contributed by atoms with Crippen LogP contribution in [0, 0.1) is 0 Å². The van der Waals surface area contributed by atoms with Crippen molar-refractivity contribution in [3.8, 4) is 0 Å². The van der Waals surface area contributed by atoms with Crippen LogP contribution in [0.1, 0.15) is 28.2 Å². The zero-order valence-corrected chi connectivity index (χ0v) is 17.8. The highest BCUT2D eigenvalue weighted by molar-refractivity contribution is 7.09. The van der Waals surface area contributed by atoms with E-state index in [-0.39, 0.29) is 12.5 Å². The molecular weight excluding hydrogens is 398 g/mol. The number of imidazole rings is 1. The third kappa shape index (κ3) is 6.43. The first-order valence-electron chi connectivity index (χ1n) is 9.76. The predicted octanol–water partition coefficient (Wildman–Crippen LogP) is 1.83. The van der Waals surface area contributed by atoms with Crippen molar-refractivity contribution in [1.82, 2.24) is 25.6 Å². The number of H-pyrrole nitrogens is 1. The van der Waals surface area contributed by atoms with Crippen molar-refractivity contribution in [2.45, 2.75) is 19.8 Å². The molecule has 7 N–H and O–H groups in total. The number of rotatable bonds is 10. The minimum absolute atomic E-state index is 0.236. The standard InChI is InChI=1S/C21H27N7OS/c1-14(22)6-7-15(23)12-25-21(29)18-13-30-20(28-18)9-11-24-10-8-19-26-16-4-2-3-5-17(16)27-19/h2-7,13,24H,8-12,22-23H2,1H3,(H,25,29)(H,26,27)/b14-6-,15-7-. The van der Waals surface area contributed by atoms with E-state index < -0.39 is 0 Å². The molecule has 0 aliphatic rings. The van der Waals surface area contributed by atoms with Crippen LogP contribution in [-0.4, -0.2) is 40.5 Å². The van der Waals surface area contributed by atoms with Crippen LogP contribution in [-0.2, 0) is 12.8 Å². The Hall–Kier alpha value is -3.17. The van der Waals surface area contributed by atoms with E-state index in [1.54, 1.807) is 24.5 Å². The Bertz CT molecular complexity index is 1010. The molecule has 3 rings (SSSR count). The number of carbonyl (C=O) groups excluding carboxylic acids is 1. The lowest BCUT2D eigenvalue weighted by molar-refractivity contribution is 0.0952. The zero-order chi connectivity index (χ0) is 21.3. The van der Waals surface area contributed by atoms with E-state index in [1.807, 2.05) is 24.3 Å². The minimum atomic E-state index is -0.236. The SMILES string of the molecule is C/C(N)=C/C=C(\N)CNC(=O)c1csc(CCNCCc2nc3ccccc3[nH]2)n1. The van der Waals surface area contributed by atoms with Gasteiger partial charge < -0.3 is 27.1 Å². The molecule has 1 aromatic carbocycles. The first-order chi connectivity index (χ1) is 14.5. The third-order valence-electron chi connectivity index (χ3n) is 4.29. The van der Waals surface area contributed by atoms with E-state index in [1.165, 1.54) is 11.3 Å². The van der Waals surface area contributed by atoms with Crippen molar-refractivity contribution in [3.05, 3.63) is 69.7 Å². The molecule has 0 fully saturated rings. The number of nitrogens with zero attached hydrogens (tertiary/aromatic N) is 2. The molecule has 2 heterocycles. The van der Waals surface area contributed by atoms with Gasteiger partial charge in [0.1, 0.15) is 11.5 Å². The average Bonchev–Trinajstić information content (AvgIpc) is 3.36. The van der Waals surface area contributed by atoms with Gasteiger partial charge in [0.2, 0.25) is 0 Å². The van der Waals surface area contributed by atoms with Crippen LogP contribution in [0.15, 0.2) is 53.2 Å². The van der Waals surface area contributed by atoms with Crippen LogP contribution in [0.3, 0.4) is 0 Å². The maximum absolute atomic E-state index is 12.2. The molecule has 0 aliphatic heterocycles. The number of fused-ring (bicyclic) bond motifs is 1. The monoisotopic (exact) mass is 425 g/mol. The number of nitrogens with one attached hydrogen (secondary N) is 3. The Labute approximate surface area is 179 Å². The number of hydrogen-bond donors (Lipinski definition) is 5. The molecule has 30 heavy (non-hydrogen) atoms. The highest BCUT2D eigenvalue weighted by Gasteiger charge is 2.10. The van der Waals surface area contributed by atoms with Crippen LogP contribution in [0.4, 0.5) is 0 Å². The van der Waals surface area contributed by atoms with Crippen molar-refractivity contribution >= 4 is 28.3 Å². The van der Waals surface area contributed by atoms with Gasteiger partial charge in [0.15, 0.2) is 0 Å². The summed E-state index contributed by atoms with van der Waals surface area (Å²) < 4.78 is 0. The molecule has 2 aromatic heterocycles. The quantitative estimate of drug-likeness (QED) is 0.248. The number of hydrogen-bond acceptors (Lipinski definition) is 7. The lowest BCUT2D eigenvalue weighted by Crippen LogP contribution is -2.28. The fraction of sp³-hybridized carbons (Fsp3) is 0.286. The number of thiazole rings is 1. The first-order valence-corrected chi connectivity index (χ1v) is 10.6.